The molecule has 0 spiro atoms. The Balaban J connectivity index is 1.87. The number of aryl methyl sites for hydroxylation is 1. The van der Waals surface area contributed by atoms with Gasteiger partial charge in [-0.3, -0.25) is 4.90 Å². The van der Waals surface area contributed by atoms with Crippen LogP contribution in [0.5, 0.6) is 0 Å². The van der Waals surface area contributed by atoms with Crippen LogP contribution in [0, 0.1) is 0 Å². The lowest BCUT2D eigenvalue weighted by Gasteiger charge is -2.33. The van der Waals surface area contributed by atoms with Crippen LogP contribution in [-0.2, 0) is 6.54 Å². The molecule has 1 aromatic rings. The molecule has 0 aliphatic carbocycles. The number of hydrogen-bond donors (Lipinski definition) is 1. The summed E-state index contributed by atoms with van der Waals surface area (Å²) in [6.45, 7) is 5.52. The van der Waals surface area contributed by atoms with Crippen molar-refractivity contribution in [3.8, 4) is 0 Å². The average Bonchev–Trinajstić information content (AvgIpc) is 2.84. The van der Waals surface area contributed by atoms with Gasteiger partial charge in [-0.05, 0) is 38.8 Å². The summed E-state index contributed by atoms with van der Waals surface area (Å²) in [5, 5.41) is 10.00. The van der Waals surface area contributed by atoms with Crippen LogP contribution >= 0.6 is 0 Å². The molecule has 4 heteroatoms. The number of rotatable bonds is 2. The van der Waals surface area contributed by atoms with E-state index in [-0.39, 0.29) is 6.10 Å². The lowest BCUT2D eigenvalue weighted by Crippen LogP contribution is -2.33. The molecular formula is C14H23N3O. The van der Waals surface area contributed by atoms with Gasteiger partial charge in [0.15, 0.2) is 0 Å². The zero-order valence-electron chi connectivity index (χ0n) is 11.2. The maximum Gasteiger partial charge on any atom is 0.138 e. The van der Waals surface area contributed by atoms with Crippen LogP contribution in [0.25, 0.3) is 0 Å². The van der Waals surface area contributed by atoms with Gasteiger partial charge in [-0.1, -0.05) is 13.3 Å². The molecule has 3 rings (SSSR count). The van der Waals surface area contributed by atoms with Crippen molar-refractivity contribution in [2.45, 2.75) is 57.7 Å². The number of aliphatic hydroxyl groups is 1. The number of aliphatic hydroxyl groups excluding tert-OH is 1. The van der Waals surface area contributed by atoms with Crippen molar-refractivity contribution in [1.82, 2.24) is 14.5 Å². The highest BCUT2D eigenvalue weighted by molar-refractivity contribution is 5.13. The van der Waals surface area contributed by atoms with Crippen LogP contribution in [0.3, 0.4) is 0 Å². The highest BCUT2D eigenvalue weighted by Crippen LogP contribution is 2.32. The molecule has 0 radical (unpaired) electrons. The maximum atomic E-state index is 10.00. The highest BCUT2D eigenvalue weighted by atomic mass is 16.3. The highest BCUT2D eigenvalue weighted by Gasteiger charge is 2.28. The number of nitrogens with zero attached hydrogens (tertiary/aromatic N) is 3. The monoisotopic (exact) mass is 249 g/mol. The van der Waals surface area contributed by atoms with E-state index in [9.17, 15) is 5.11 Å². The van der Waals surface area contributed by atoms with Gasteiger partial charge >= 0.3 is 0 Å². The minimum Gasteiger partial charge on any atom is -0.385 e. The molecule has 2 aliphatic heterocycles. The first kappa shape index (κ1) is 12.2. The first-order valence-electron chi connectivity index (χ1n) is 7.28. The summed E-state index contributed by atoms with van der Waals surface area (Å²) in [7, 11) is 0. The Morgan fingerprint density at radius 3 is 2.94 bits per heavy atom. The molecule has 1 N–H and O–H groups in total. The Kier molecular flexibility index (Phi) is 3.39. The number of hydrogen-bond acceptors (Lipinski definition) is 3. The second-order valence-electron chi connectivity index (χ2n) is 5.52. The van der Waals surface area contributed by atoms with E-state index in [1.54, 1.807) is 0 Å². The van der Waals surface area contributed by atoms with Crippen molar-refractivity contribution >= 4 is 0 Å². The van der Waals surface area contributed by atoms with Gasteiger partial charge in [0.25, 0.3) is 0 Å². The Labute approximate surface area is 109 Å². The first-order valence-corrected chi connectivity index (χ1v) is 7.28. The van der Waals surface area contributed by atoms with Crippen LogP contribution in [0.1, 0.15) is 62.7 Å². The minimum absolute atomic E-state index is 0.355. The molecule has 4 nitrogen and oxygen atoms in total. The van der Waals surface area contributed by atoms with E-state index in [0.717, 1.165) is 31.8 Å². The molecule has 0 saturated carbocycles. The van der Waals surface area contributed by atoms with Crippen molar-refractivity contribution in [3.63, 3.8) is 0 Å². The van der Waals surface area contributed by atoms with Crippen LogP contribution in [0.15, 0.2) is 6.20 Å². The van der Waals surface area contributed by atoms with E-state index in [2.05, 4.69) is 22.6 Å². The summed E-state index contributed by atoms with van der Waals surface area (Å²) >= 11 is 0. The zero-order chi connectivity index (χ0) is 12.5. The lowest BCUT2D eigenvalue weighted by atomic mass is 10.00. The van der Waals surface area contributed by atoms with Crippen molar-refractivity contribution in [2.24, 2.45) is 0 Å². The van der Waals surface area contributed by atoms with E-state index in [1.807, 2.05) is 0 Å². The molecule has 1 saturated heterocycles. The molecule has 2 aliphatic rings. The summed E-state index contributed by atoms with van der Waals surface area (Å²) in [5.41, 5.74) is 1.17. The number of likely N-dealkylation sites (tertiary alicyclic amines) is 1. The minimum atomic E-state index is -0.355. The fourth-order valence-electron chi connectivity index (χ4n) is 3.35. The van der Waals surface area contributed by atoms with E-state index < -0.39 is 0 Å². The molecule has 1 fully saturated rings. The van der Waals surface area contributed by atoms with Gasteiger partial charge in [0, 0.05) is 12.7 Å². The normalized spacial score (nSPS) is 29.2. The smallest absolute Gasteiger partial charge is 0.138 e. The Morgan fingerprint density at radius 1 is 1.28 bits per heavy atom. The van der Waals surface area contributed by atoms with E-state index >= 15 is 0 Å². The zero-order valence-corrected chi connectivity index (χ0v) is 11.2. The number of imidazole rings is 1. The summed E-state index contributed by atoms with van der Waals surface area (Å²) in [4.78, 5) is 7.24. The quantitative estimate of drug-likeness (QED) is 0.874. The van der Waals surface area contributed by atoms with Gasteiger partial charge < -0.3 is 9.67 Å². The Bertz CT molecular complexity index is 415. The third-order valence-corrected chi connectivity index (χ3v) is 4.36. The van der Waals surface area contributed by atoms with Crippen LogP contribution in [0.4, 0.5) is 0 Å². The molecule has 1 aromatic heterocycles. The fourth-order valence-corrected chi connectivity index (χ4v) is 3.35. The predicted molar refractivity (Wildman–Crippen MR) is 70.3 cm³/mol. The molecule has 0 amide bonds. The van der Waals surface area contributed by atoms with E-state index in [4.69, 9.17) is 4.98 Å². The van der Waals surface area contributed by atoms with Crippen molar-refractivity contribution in [1.29, 1.82) is 0 Å². The predicted octanol–water partition coefficient (Wildman–Crippen LogP) is 2.26. The van der Waals surface area contributed by atoms with Crippen molar-refractivity contribution < 1.29 is 5.11 Å². The number of piperidine rings is 1. The van der Waals surface area contributed by atoms with Crippen molar-refractivity contribution in [2.75, 3.05) is 13.1 Å². The van der Waals surface area contributed by atoms with Gasteiger partial charge in [0.05, 0.1) is 11.7 Å². The van der Waals surface area contributed by atoms with Crippen LogP contribution in [0.2, 0.25) is 0 Å². The van der Waals surface area contributed by atoms with Gasteiger partial charge in [-0.25, -0.2) is 4.98 Å². The molecule has 18 heavy (non-hydrogen) atoms. The topological polar surface area (TPSA) is 41.3 Å². The van der Waals surface area contributed by atoms with Crippen molar-refractivity contribution in [3.05, 3.63) is 17.7 Å². The number of fused-ring (bicyclic) bond motifs is 1. The maximum absolute atomic E-state index is 10.00. The summed E-state index contributed by atoms with van der Waals surface area (Å²) in [6.07, 6.45) is 7.56. The third-order valence-electron chi connectivity index (χ3n) is 4.36. The van der Waals surface area contributed by atoms with E-state index in [1.165, 1.54) is 31.5 Å². The first-order chi connectivity index (χ1) is 8.79. The molecule has 0 bridgehead atoms. The fraction of sp³-hybridized carbons (Fsp3) is 0.786. The molecule has 100 valence electrons. The summed E-state index contributed by atoms with van der Waals surface area (Å²) in [6, 6.07) is 0.467. The van der Waals surface area contributed by atoms with Crippen LogP contribution in [-0.4, -0.2) is 32.6 Å². The molecule has 2 atom stereocenters. The third kappa shape index (κ3) is 2.08. The van der Waals surface area contributed by atoms with Gasteiger partial charge in [0.2, 0.25) is 0 Å². The summed E-state index contributed by atoms with van der Waals surface area (Å²) < 4.78 is 2.16. The molecule has 0 aromatic carbocycles. The van der Waals surface area contributed by atoms with Gasteiger partial charge in [-0.2, -0.15) is 0 Å². The van der Waals surface area contributed by atoms with Gasteiger partial charge in [-0.15, -0.1) is 0 Å². The Morgan fingerprint density at radius 2 is 2.17 bits per heavy atom. The standard InChI is InChI=1S/C14H23N3O/c1-2-16-8-4-3-6-12(16)11-10-17-9-5-7-13(18)14(17)15-11/h10,12-13,18H,2-9H2,1H3. The average molecular weight is 249 g/mol. The number of aromatic nitrogens is 2. The Hall–Kier alpha value is -0.870. The second kappa shape index (κ2) is 5.02. The van der Waals surface area contributed by atoms with Crippen LogP contribution < -0.4 is 0 Å². The largest absolute Gasteiger partial charge is 0.385 e. The molecule has 2 unspecified atom stereocenters. The molecular weight excluding hydrogens is 226 g/mol. The van der Waals surface area contributed by atoms with E-state index in [0.29, 0.717) is 6.04 Å². The molecule has 3 heterocycles. The SMILES string of the molecule is CCN1CCCCC1c1cn2c(n1)C(O)CCC2. The summed E-state index contributed by atoms with van der Waals surface area (Å²) in [5.74, 6) is 0.887. The second-order valence-corrected chi connectivity index (χ2v) is 5.52. The van der Waals surface area contributed by atoms with Gasteiger partial charge in [0.1, 0.15) is 11.9 Å². The lowest BCUT2D eigenvalue weighted by molar-refractivity contribution is 0.132.